The number of benzene rings is 1. The van der Waals surface area contributed by atoms with Crippen molar-refractivity contribution in [2.24, 2.45) is 0 Å². The van der Waals surface area contributed by atoms with E-state index in [0.717, 1.165) is 35.9 Å². The number of halogens is 3. The largest absolute Gasteiger partial charge is 0.454 e. The minimum Gasteiger partial charge on any atom is -0.454 e. The van der Waals surface area contributed by atoms with Crippen LogP contribution >= 0.6 is 0 Å². The van der Waals surface area contributed by atoms with E-state index in [9.17, 15) is 18.0 Å². The van der Waals surface area contributed by atoms with Crippen LogP contribution in [0.5, 0.6) is 11.5 Å². The van der Waals surface area contributed by atoms with Crippen LogP contribution in [-0.4, -0.2) is 34.7 Å². The van der Waals surface area contributed by atoms with Crippen molar-refractivity contribution in [1.82, 2.24) is 15.1 Å². The number of alkyl halides is 3. The fourth-order valence-corrected chi connectivity index (χ4v) is 4.81. The second kappa shape index (κ2) is 7.06. The van der Waals surface area contributed by atoms with Gasteiger partial charge in [0.15, 0.2) is 23.2 Å². The predicted molar refractivity (Wildman–Crippen MR) is 105 cm³/mol. The molecule has 1 aromatic heterocycles. The number of aromatic nitrogens is 2. The van der Waals surface area contributed by atoms with Gasteiger partial charge in [-0.15, -0.1) is 0 Å². The quantitative estimate of drug-likeness (QED) is 0.757. The molecule has 3 heterocycles. The summed E-state index contributed by atoms with van der Waals surface area (Å²) in [6, 6.07) is 4.86. The zero-order valence-electron chi connectivity index (χ0n) is 17.0. The van der Waals surface area contributed by atoms with Crippen LogP contribution in [0.2, 0.25) is 0 Å². The molecule has 1 fully saturated rings. The molecular formula is C21H23F3N4O3. The third kappa shape index (κ3) is 3.47. The second-order valence-corrected chi connectivity index (χ2v) is 8.51. The number of fused-ring (bicyclic) bond motifs is 2. The lowest BCUT2D eigenvalue weighted by Gasteiger charge is -2.31. The summed E-state index contributed by atoms with van der Waals surface area (Å²) in [7, 11) is 0. The number of nitrogens with one attached hydrogen (secondary N) is 2. The summed E-state index contributed by atoms with van der Waals surface area (Å²) >= 11 is 0. The summed E-state index contributed by atoms with van der Waals surface area (Å²) in [6.45, 7) is 1.84. The molecule has 1 aromatic carbocycles. The third-order valence-corrected chi connectivity index (χ3v) is 6.35. The van der Waals surface area contributed by atoms with E-state index in [-0.39, 0.29) is 30.8 Å². The number of hydrogen-bond donors (Lipinski definition) is 2. The van der Waals surface area contributed by atoms with E-state index in [1.807, 2.05) is 18.2 Å². The molecule has 5 rings (SSSR count). The van der Waals surface area contributed by atoms with Crippen LogP contribution in [0, 0.1) is 0 Å². The summed E-state index contributed by atoms with van der Waals surface area (Å²) in [5.74, 6) is 0.997. The predicted octanol–water partition coefficient (Wildman–Crippen LogP) is 4.12. The van der Waals surface area contributed by atoms with Gasteiger partial charge in [0.25, 0.3) is 5.91 Å². The van der Waals surface area contributed by atoms with Gasteiger partial charge in [0.2, 0.25) is 6.79 Å². The molecule has 2 aliphatic heterocycles. The Morgan fingerprint density at radius 1 is 1.23 bits per heavy atom. The van der Waals surface area contributed by atoms with E-state index in [1.54, 1.807) is 6.92 Å². The average Bonchev–Trinajstić information content (AvgIpc) is 3.45. The number of rotatable bonds is 3. The third-order valence-electron chi connectivity index (χ3n) is 6.35. The monoisotopic (exact) mass is 436 g/mol. The molecule has 2 aromatic rings. The van der Waals surface area contributed by atoms with E-state index in [1.165, 1.54) is 6.07 Å². The molecule has 0 bridgehead atoms. The minimum atomic E-state index is -4.44. The zero-order valence-corrected chi connectivity index (χ0v) is 17.0. The summed E-state index contributed by atoms with van der Waals surface area (Å²) in [5.41, 5.74) is 0.246. The van der Waals surface area contributed by atoms with Gasteiger partial charge in [-0.25, -0.2) is 4.68 Å². The number of nitrogens with zero attached hydrogens (tertiary/aromatic N) is 2. The van der Waals surface area contributed by atoms with Crippen molar-refractivity contribution < 1.29 is 27.4 Å². The highest BCUT2D eigenvalue weighted by molar-refractivity contribution is 5.93. The molecule has 0 radical (unpaired) electrons. The molecular weight excluding hydrogens is 413 g/mol. The fourth-order valence-electron chi connectivity index (χ4n) is 4.81. The van der Waals surface area contributed by atoms with E-state index in [4.69, 9.17) is 9.47 Å². The molecule has 7 nitrogen and oxygen atoms in total. The molecule has 0 spiro atoms. The maximum atomic E-state index is 13.5. The molecule has 31 heavy (non-hydrogen) atoms. The molecule has 2 N–H and O–H groups in total. The van der Waals surface area contributed by atoms with E-state index in [0.29, 0.717) is 11.5 Å². The smallest absolute Gasteiger partial charge is 0.410 e. The highest BCUT2D eigenvalue weighted by atomic mass is 19.4. The van der Waals surface area contributed by atoms with Crippen LogP contribution in [-0.2, 0) is 5.54 Å². The van der Waals surface area contributed by atoms with Gasteiger partial charge in [0.1, 0.15) is 5.82 Å². The Morgan fingerprint density at radius 3 is 2.71 bits per heavy atom. The molecule has 0 unspecified atom stereocenters. The zero-order chi connectivity index (χ0) is 21.8. The van der Waals surface area contributed by atoms with Crippen molar-refractivity contribution >= 4 is 11.7 Å². The summed E-state index contributed by atoms with van der Waals surface area (Å²) in [6.07, 6.45) is -1.25. The Bertz CT molecular complexity index is 1010. The van der Waals surface area contributed by atoms with Crippen molar-refractivity contribution in [1.29, 1.82) is 0 Å². The van der Waals surface area contributed by atoms with Crippen LogP contribution in [0.1, 0.15) is 61.1 Å². The molecule has 3 aliphatic rings. The number of amides is 1. The van der Waals surface area contributed by atoms with Crippen LogP contribution in [0.15, 0.2) is 24.3 Å². The van der Waals surface area contributed by atoms with Crippen molar-refractivity contribution in [2.45, 2.75) is 62.8 Å². The molecule has 1 saturated carbocycles. The van der Waals surface area contributed by atoms with E-state index < -0.39 is 23.7 Å². The number of carbonyl (C=O) groups excluding carboxylic acids is 1. The van der Waals surface area contributed by atoms with Gasteiger partial charge in [-0.1, -0.05) is 18.9 Å². The maximum Gasteiger partial charge on any atom is 0.410 e. The highest BCUT2D eigenvalue weighted by Crippen LogP contribution is 2.43. The first kappa shape index (κ1) is 20.0. The lowest BCUT2D eigenvalue weighted by molar-refractivity contribution is -0.173. The van der Waals surface area contributed by atoms with Gasteiger partial charge in [0.05, 0.1) is 5.54 Å². The Morgan fingerprint density at radius 2 is 1.97 bits per heavy atom. The fraction of sp³-hybridized carbons (Fsp3) is 0.524. The van der Waals surface area contributed by atoms with E-state index >= 15 is 0 Å². The Kier molecular flexibility index (Phi) is 4.56. The Balaban J connectivity index is 1.44. The first-order valence-corrected chi connectivity index (χ1v) is 10.4. The maximum absolute atomic E-state index is 13.5. The first-order chi connectivity index (χ1) is 14.7. The molecule has 2 atom stereocenters. The highest BCUT2D eigenvalue weighted by Gasteiger charge is 2.46. The van der Waals surface area contributed by atoms with Crippen molar-refractivity contribution in [3.63, 3.8) is 0 Å². The average molecular weight is 436 g/mol. The van der Waals surface area contributed by atoms with Crippen molar-refractivity contribution in [3.8, 4) is 11.5 Å². The topological polar surface area (TPSA) is 77.4 Å². The van der Waals surface area contributed by atoms with Crippen LogP contribution in [0.4, 0.5) is 19.0 Å². The Labute approximate surface area is 176 Å². The normalized spacial score (nSPS) is 23.9. The van der Waals surface area contributed by atoms with E-state index in [2.05, 4.69) is 15.7 Å². The summed E-state index contributed by atoms with van der Waals surface area (Å²) < 4.78 is 52.3. The summed E-state index contributed by atoms with van der Waals surface area (Å²) in [5, 5.41) is 10.1. The molecule has 10 heteroatoms. The number of carbonyl (C=O) groups is 1. The van der Waals surface area contributed by atoms with Gasteiger partial charge < -0.3 is 20.1 Å². The number of hydrogen-bond acceptors (Lipinski definition) is 5. The number of anilines is 1. The molecule has 1 aliphatic carbocycles. The van der Waals surface area contributed by atoms with Gasteiger partial charge in [-0.3, -0.25) is 4.79 Å². The lowest BCUT2D eigenvalue weighted by Crippen LogP contribution is -2.44. The van der Waals surface area contributed by atoms with Crippen LogP contribution in [0.25, 0.3) is 0 Å². The van der Waals surface area contributed by atoms with Gasteiger partial charge >= 0.3 is 6.18 Å². The first-order valence-electron chi connectivity index (χ1n) is 10.4. The number of ether oxygens (including phenoxy) is 2. The second-order valence-electron chi connectivity index (χ2n) is 8.51. The standard InChI is InChI=1S/C21H23F3N4O3/c1-12-8-17(21(22,23)24)28-18(25-12)10-14(27-28)19(29)26-20(6-2-3-7-20)13-4-5-15-16(9-13)31-11-30-15/h4-5,9-10,12,17,25H,2-3,6-8,11H2,1H3,(H,26,29)/t12-,17-/m1/s1. The molecule has 1 amide bonds. The van der Waals surface area contributed by atoms with Gasteiger partial charge in [-0.2, -0.15) is 18.3 Å². The summed E-state index contributed by atoms with van der Waals surface area (Å²) in [4.78, 5) is 13.1. The van der Waals surface area contributed by atoms with Gasteiger partial charge in [0, 0.05) is 12.1 Å². The molecule has 166 valence electrons. The Hall–Kier alpha value is -2.91. The van der Waals surface area contributed by atoms with Crippen molar-refractivity contribution in [2.75, 3.05) is 12.1 Å². The van der Waals surface area contributed by atoms with Crippen molar-refractivity contribution in [3.05, 3.63) is 35.5 Å². The van der Waals surface area contributed by atoms with Crippen LogP contribution < -0.4 is 20.1 Å². The SMILES string of the molecule is C[C@@H]1C[C@H](C(F)(F)F)n2nc(C(=O)NC3(c4ccc5c(c4)OCO5)CCCC3)cc2N1. The minimum absolute atomic E-state index is 0.0298. The van der Waals surface area contributed by atoms with Gasteiger partial charge in [-0.05, 0) is 43.9 Å². The van der Waals surface area contributed by atoms with Crippen LogP contribution in [0.3, 0.4) is 0 Å². The lowest BCUT2D eigenvalue weighted by atomic mass is 9.87. The molecule has 0 saturated heterocycles.